The molecule has 1 heterocycles. The number of methoxy groups -OCH3 is 1. The molecule has 30 heavy (non-hydrogen) atoms. The van der Waals surface area contributed by atoms with Gasteiger partial charge < -0.3 is 14.6 Å². The van der Waals surface area contributed by atoms with Crippen LogP contribution >= 0.6 is 0 Å². The van der Waals surface area contributed by atoms with Crippen LogP contribution in [0.4, 0.5) is 0 Å². The Hall–Kier alpha value is -1.43. The smallest absolute Gasteiger partial charge is 0.162 e. The molecule has 0 amide bonds. The Morgan fingerprint density at radius 2 is 2.10 bits per heavy atom. The van der Waals surface area contributed by atoms with E-state index in [9.17, 15) is 9.90 Å². The molecule has 5 heteroatoms. The number of piperidine rings is 1. The molecule has 3 aliphatic carbocycles. The first-order valence-corrected chi connectivity index (χ1v) is 11.6. The van der Waals surface area contributed by atoms with Crippen molar-refractivity contribution < 1.29 is 19.4 Å². The monoisotopic (exact) mass is 413 g/mol. The number of carbonyl (C=O) groups excluding carboxylic acids is 1. The summed E-state index contributed by atoms with van der Waals surface area (Å²) in [4.78, 5) is 15.8. The van der Waals surface area contributed by atoms with Crippen LogP contribution in [0.3, 0.4) is 0 Å². The lowest BCUT2D eigenvalue weighted by Gasteiger charge is -2.64. The van der Waals surface area contributed by atoms with E-state index in [0.717, 1.165) is 43.2 Å². The number of Topliss-reactive ketones (excluding diaryl/α,β-unsaturated/α-hetero) is 1. The van der Waals surface area contributed by atoms with Crippen LogP contribution in [-0.4, -0.2) is 60.3 Å². The number of nitrogens with zero attached hydrogens (tertiary/aromatic N) is 1. The topological polar surface area (TPSA) is 59.0 Å². The average Bonchev–Trinajstić information content (AvgIpc) is 3.53. The molecule has 0 unspecified atom stereocenters. The maximum atomic E-state index is 13.3. The summed E-state index contributed by atoms with van der Waals surface area (Å²) in [6.45, 7) is 6.77. The van der Waals surface area contributed by atoms with Gasteiger partial charge in [0, 0.05) is 37.5 Å². The van der Waals surface area contributed by atoms with Gasteiger partial charge in [-0.2, -0.15) is 0 Å². The lowest BCUT2D eigenvalue weighted by atomic mass is 9.49. The minimum atomic E-state index is -0.949. The molecule has 0 radical (unpaired) electrons. The minimum absolute atomic E-state index is 0.0472. The molecule has 5 nitrogen and oxygen atoms in total. The zero-order valence-electron chi connectivity index (χ0n) is 18.5. The summed E-state index contributed by atoms with van der Waals surface area (Å²) in [6, 6.07) is 6.29. The van der Waals surface area contributed by atoms with Crippen LogP contribution in [0.2, 0.25) is 0 Å². The van der Waals surface area contributed by atoms with Crippen molar-refractivity contribution >= 4 is 5.78 Å². The molecular weight excluding hydrogens is 378 g/mol. The second-order valence-electron chi connectivity index (χ2n) is 10.5. The Balaban J connectivity index is 1.56. The predicted molar refractivity (Wildman–Crippen MR) is 115 cm³/mol. The highest BCUT2D eigenvalue weighted by atomic mass is 16.5. The largest absolute Gasteiger partial charge is 0.497 e. The second kappa shape index (κ2) is 7.32. The molecule has 1 N–H and O–H groups in total. The van der Waals surface area contributed by atoms with Gasteiger partial charge in [0.05, 0.1) is 12.7 Å². The van der Waals surface area contributed by atoms with Crippen molar-refractivity contribution in [3.8, 4) is 5.75 Å². The third-order valence-electron chi connectivity index (χ3n) is 8.04. The quantitative estimate of drug-likeness (QED) is 0.777. The number of carbonyl (C=O) groups is 1. The summed E-state index contributed by atoms with van der Waals surface area (Å²) < 4.78 is 11.6. The fraction of sp³-hybridized carbons (Fsp3) is 0.720. The van der Waals surface area contributed by atoms with Gasteiger partial charge in [0.25, 0.3) is 0 Å². The Kier molecular flexibility index (Phi) is 4.99. The summed E-state index contributed by atoms with van der Waals surface area (Å²) in [7, 11) is 1.68. The number of likely N-dealkylation sites (tertiary alicyclic amines) is 1. The number of hydrogen-bond acceptors (Lipinski definition) is 5. The maximum Gasteiger partial charge on any atom is 0.162 e. The normalized spacial score (nSPS) is 35.8. The summed E-state index contributed by atoms with van der Waals surface area (Å²) in [5.74, 6) is 2.09. The number of ketones is 1. The molecule has 1 aromatic rings. The van der Waals surface area contributed by atoms with Gasteiger partial charge in [0.2, 0.25) is 0 Å². The summed E-state index contributed by atoms with van der Waals surface area (Å²) >= 11 is 0. The van der Waals surface area contributed by atoms with Crippen LogP contribution in [0.15, 0.2) is 18.2 Å². The highest BCUT2D eigenvalue weighted by molar-refractivity contribution is 5.87. The fourth-order valence-corrected chi connectivity index (χ4v) is 6.29. The molecule has 4 atom stereocenters. The Morgan fingerprint density at radius 1 is 1.30 bits per heavy atom. The number of fused-ring (bicyclic) bond motifs is 1. The standard InChI is InChI=1S/C25H35NO4/c1-16(2)15-30-22-13-25(28)23-10-18-6-7-19(29-3)11-20(18)24(25,12-21(22)27)8-9-26(23)14-17-4-5-17/h6-7,11,16-17,22-23,28H,4-5,8-10,12-15H2,1-3H3/t22-,23+,24+,25+/m0/s1. The highest BCUT2D eigenvalue weighted by Crippen LogP contribution is 2.58. The van der Waals surface area contributed by atoms with Gasteiger partial charge >= 0.3 is 0 Å². The van der Waals surface area contributed by atoms with E-state index < -0.39 is 17.1 Å². The number of benzene rings is 1. The van der Waals surface area contributed by atoms with Gasteiger partial charge in [-0.3, -0.25) is 9.69 Å². The number of ether oxygens (including phenoxy) is 2. The third-order valence-corrected chi connectivity index (χ3v) is 8.04. The van der Waals surface area contributed by atoms with E-state index >= 15 is 0 Å². The minimum Gasteiger partial charge on any atom is -0.497 e. The van der Waals surface area contributed by atoms with Crippen LogP contribution in [0, 0.1) is 11.8 Å². The van der Waals surface area contributed by atoms with Crippen LogP contribution in [-0.2, 0) is 21.4 Å². The van der Waals surface area contributed by atoms with Crippen LogP contribution in [0.1, 0.15) is 57.1 Å². The summed E-state index contributed by atoms with van der Waals surface area (Å²) in [6.07, 6.45) is 4.52. The Labute approximate surface area is 179 Å². The van der Waals surface area contributed by atoms with E-state index in [-0.39, 0.29) is 11.8 Å². The van der Waals surface area contributed by atoms with Gasteiger partial charge in [-0.15, -0.1) is 0 Å². The molecule has 4 aliphatic rings. The van der Waals surface area contributed by atoms with Gasteiger partial charge in [-0.1, -0.05) is 19.9 Å². The third kappa shape index (κ3) is 3.12. The van der Waals surface area contributed by atoms with Crippen molar-refractivity contribution in [3.05, 3.63) is 29.3 Å². The second-order valence-corrected chi connectivity index (χ2v) is 10.5. The van der Waals surface area contributed by atoms with Crippen LogP contribution < -0.4 is 4.74 Å². The SMILES string of the molecule is COc1ccc2c(c1)[C@]13CCN(CC4CC4)[C@H](C2)[C@]1(O)C[C@H](OCC(C)C)C(=O)C3. The maximum absolute atomic E-state index is 13.3. The first-order chi connectivity index (χ1) is 14.4. The summed E-state index contributed by atoms with van der Waals surface area (Å²) in [5, 5.41) is 12.4. The average molecular weight is 414 g/mol. The fourth-order valence-electron chi connectivity index (χ4n) is 6.29. The molecule has 2 saturated carbocycles. The highest BCUT2D eigenvalue weighted by Gasteiger charge is 2.66. The lowest BCUT2D eigenvalue weighted by Crippen LogP contribution is -2.75. The van der Waals surface area contributed by atoms with E-state index in [2.05, 4.69) is 30.9 Å². The first kappa shape index (κ1) is 20.5. The van der Waals surface area contributed by atoms with Crippen molar-refractivity contribution in [2.45, 2.75) is 75.5 Å². The Morgan fingerprint density at radius 3 is 2.80 bits per heavy atom. The van der Waals surface area contributed by atoms with Crippen LogP contribution in [0.25, 0.3) is 0 Å². The number of rotatable bonds is 6. The zero-order chi connectivity index (χ0) is 21.1. The van der Waals surface area contributed by atoms with Gasteiger partial charge in [-0.25, -0.2) is 0 Å². The molecule has 3 fully saturated rings. The molecule has 1 saturated heterocycles. The molecule has 1 aliphatic heterocycles. The molecular formula is C25H35NO4. The van der Waals surface area contributed by atoms with E-state index in [0.29, 0.717) is 25.4 Å². The number of hydrogen-bond donors (Lipinski definition) is 1. The predicted octanol–water partition coefficient (Wildman–Crippen LogP) is 3.11. The van der Waals surface area contributed by atoms with Crippen molar-refractivity contribution in [1.82, 2.24) is 4.90 Å². The van der Waals surface area contributed by atoms with E-state index in [1.54, 1.807) is 7.11 Å². The van der Waals surface area contributed by atoms with Crippen molar-refractivity contribution in [1.29, 1.82) is 0 Å². The van der Waals surface area contributed by atoms with E-state index in [4.69, 9.17) is 9.47 Å². The first-order valence-electron chi connectivity index (χ1n) is 11.6. The number of aliphatic hydroxyl groups is 1. The van der Waals surface area contributed by atoms with E-state index in [1.165, 1.54) is 18.4 Å². The van der Waals surface area contributed by atoms with Crippen molar-refractivity contribution in [2.24, 2.45) is 11.8 Å². The van der Waals surface area contributed by atoms with Crippen molar-refractivity contribution in [3.63, 3.8) is 0 Å². The molecule has 164 valence electrons. The van der Waals surface area contributed by atoms with Gasteiger partial charge in [0.15, 0.2) is 5.78 Å². The lowest BCUT2D eigenvalue weighted by molar-refractivity contribution is -0.195. The molecule has 0 aromatic heterocycles. The van der Waals surface area contributed by atoms with Gasteiger partial charge in [-0.05, 0) is 67.3 Å². The molecule has 0 spiro atoms. The molecule has 5 rings (SSSR count). The van der Waals surface area contributed by atoms with Gasteiger partial charge in [0.1, 0.15) is 11.9 Å². The zero-order valence-corrected chi connectivity index (χ0v) is 18.5. The van der Waals surface area contributed by atoms with Crippen molar-refractivity contribution in [2.75, 3.05) is 26.8 Å². The summed E-state index contributed by atoms with van der Waals surface area (Å²) in [5.41, 5.74) is 0.909. The van der Waals surface area contributed by atoms with E-state index in [1.807, 2.05) is 6.07 Å². The van der Waals surface area contributed by atoms with Crippen LogP contribution in [0.5, 0.6) is 5.75 Å². The molecule has 1 aromatic carbocycles. The Bertz CT molecular complexity index is 834. The molecule has 2 bridgehead atoms.